The summed E-state index contributed by atoms with van der Waals surface area (Å²) in [5, 5.41) is 3.72. The minimum absolute atomic E-state index is 0.670. The van der Waals surface area contributed by atoms with Crippen LogP contribution in [0.4, 0.5) is 0 Å². The molecule has 2 aromatic rings. The van der Waals surface area contributed by atoms with Gasteiger partial charge in [-0.2, -0.15) is 0 Å². The fraction of sp³-hybridized carbons (Fsp3) is 0.368. The maximum atomic E-state index is 3.72. The normalized spacial score (nSPS) is 22.1. The average Bonchev–Trinajstić information content (AvgIpc) is 2.54. The van der Waals surface area contributed by atoms with Crippen molar-refractivity contribution in [2.24, 2.45) is 0 Å². The zero-order chi connectivity index (χ0) is 14.5. The quantitative estimate of drug-likeness (QED) is 0.797. The Bertz CT molecular complexity index is 559. The van der Waals surface area contributed by atoms with Crippen molar-refractivity contribution in [3.05, 3.63) is 70.2 Å². The van der Waals surface area contributed by atoms with Crippen LogP contribution < -0.4 is 5.32 Å². The minimum Gasteiger partial charge on any atom is -0.310 e. The van der Waals surface area contributed by atoms with E-state index in [4.69, 9.17) is 0 Å². The minimum atomic E-state index is 0.670. The molecule has 0 unspecified atom stereocenters. The van der Waals surface area contributed by atoms with E-state index in [0.29, 0.717) is 6.04 Å². The van der Waals surface area contributed by atoms with Crippen molar-refractivity contribution in [1.29, 1.82) is 0 Å². The number of rotatable bonds is 4. The summed E-state index contributed by atoms with van der Waals surface area (Å²) < 4.78 is 1.16. The van der Waals surface area contributed by atoms with E-state index in [9.17, 15) is 0 Å². The summed E-state index contributed by atoms with van der Waals surface area (Å²) in [5.74, 6) is 0.759. The van der Waals surface area contributed by atoms with Crippen LogP contribution in [-0.4, -0.2) is 6.04 Å². The largest absolute Gasteiger partial charge is 0.310 e. The molecule has 3 rings (SSSR count). The highest BCUT2D eigenvalue weighted by Crippen LogP contribution is 2.32. The Hall–Kier alpha value is -1.12. The maximum Gasteiger partial charge on any atom is 0.0208 e. The average molecular weight is 344 g/mol. The van der Waals surface area contributed by atoms with Gasteiger partial charge in [-0.05, 0) is 54.9 Å². The van der Waals surface area contributed by atoms with Gasteiger partial charge in [0, 0.05) is 17.1 Å². The fourth-order valence-corrected chi connectivity index (χ4v) is 3.71. The SMILES string of the molecule is Brc1cccc(CNC2CCC(c3ccccc3)CC2)c1. The number of hydrogen-bond acceptors (Lipinski definition) is 1. The Balaban J connectivity index is 1.48. The monoisotopic (exact) mass is 343 g/mol. The lowest BCUT2D eigenvalue weighted by atomic mass is 9.82. The molecule has 1 aliphatic carbocycles. The summed E-state index contributed by atoms with van der Waals surface area (Å²) in [4.78, 5) is 0. The standard InChI is InChI=1S/C19H22BrN/c20-18-8-4-5-15(13-18)14-21-19-11-9-17(10-12-19)16-6-2-1-3-7-16/h1-8,13,17,19,21H,9-12,14H2. The third-order valence-corrected chi connectivity index (χ3v) is 4.98. The summed E-state index contributed by atoms with van der Waals surface area (Å²) in [6.45, 7) is 0.972. The third-order valence-electron chi connectivity index (χ3n) is 4.48. The van der Waals surface area contributed by atoms with Crippen molar-refractivity contribution in [3.8, 4) is 0 Å². The number of halogens is 1. The van der Waals surface area contributed by atoms with Gasteiger partial charge in [0.25, 0.3) is 0 Å². The Morgan fingerprint density at radius 2 is 1.67 bits per heavy atom. The number of hydrogen-bond donors (Lipinski definition) is 1. The predicted molar refractivity (Wildman–Crippen MR) is 92.4 cm³/mol. The second kappa shape index (κ2) is 7.24. The van der Waals surface area contributed by atoms with E-state index in [1.807, 2.05) is 0 Å². The van der Waals surface area contributed by atoms with Crippen LogP contribution in [0.5, 0.6) is 0 Å². The topological polar surface area (TPSA) is 12.0 Å². The smallest absolute Gasteiger partial charge is 0.0208 e. The van der Waals surface area contributed by atoms with E-state index in [0.717, 1.165) is 16.9 Å². The molecule has 0 bridgehead atoms. The van der Waals surface area contributed by atoms with Crippen LogP contribution in [0.25, 0.3) is 0 Å². The molecular formula is C19H22BrN. The highest BCUT2D eigenvalue weighted by Gasteiger charge is 2.21. The lowest BCUT2D eigenvalue weighted by molar-refractivity contribution is 0.341. The van der Waals surface area contributed by atoms with Crippen LogP contribution in [0.2, 0.25) is 0 Å². The van der Waals surface area contributed by atoms with E-state index in [1.54, 1.807) is 0 Å². The van der Waals surface area contributed by atoms with Crippen molar-refractivity contribution in [2.75, 3.05) is 0 Å². The molecule has 2 aromatic carbocycles. The molecular weight excluding hydrogens is 322 g/mol. The van der Waals surface area contributed by atoms with Crippen molar-refractivity contribution < 1.29 is 0 Å². The first kappa shape index (κ1) is 14.8. The lowest BCUT2D eigenvalue weighted by Crippen LogP contribution is -2.32. The molecule has 0 saturated heterocycles. The second-order valence-electron chi connectivity index (χ2n) is 5.97. The van der Waals surface area contributed by atoms with Crippen LogP contribution in [0.1, 0.15) is 42.7 Å². The van der Waals surface area contributed by atoms with E-state index >= 15 is 0 Å². The van der Waals surface area contributed by atoms with E-state index in [2.05, 4.69) is 75.8 Å². The Morgan fingerprint density at radius 3 is 2.38 bits per heavy atom. The molecule has 110 valence electrons. The van der Waals surface area contributed by atoms with Crippen LogP contribution >= 0.6 is 15.9 Å². The van der Waals surface area contributed by atoms with E-state index < -0.39 is 0 Å². The van der Waals surface area contributed by atoms with Crippen molar-refractivity contribution in [2.45, 2.75) is 44.2 Å². The van der Waals surface area contributed by atoms with Crippen LogP contribution in [0, 0.1) is 0 Å². The zero-order valence-electron chi connectivity index (χ0n) is 12.3. The van der Waals surface area contributed by atoms with E-state index in [-0.39, 0.29) is 0 Å². The molecule has 1 saturated carbocycles. The van der Waals surface area contributed by atoms with Gasteiger partial charge in [-0.25, -0.2) is 0 Å². The van der Waals surface area contributed by atoms with Crippen LogP contribution in [0.15, 0.2) is 59.1 Å². The molecule has 1 aliphatic rings. The highest BCUT2D eigenvalue weighted by molar-refractivity contribution is 9.10. The Kier molecular flexibility index (Phi) is 5.10. The molecule has 0 radical (unpaired) electrons. The third kappa shape index (κ3) is 4.18. The fourth-order valence-electron chi connectivity index (χ4n) is 3.27. The number of benzene rings is 2. The predicted octanol–water partition coefficient (Wildman–Crippen LogP) is 5.27. The highest BCUT2D eigenvalue weighted by atomic mass is 79.9. The molecule has 2 heteroatoms. The molecule has 0 aliphatic heterocycles. The first-order valence-corrected chi connectivity index (χ1v) is 8.63. The first-order chi connectivity index (χ1) is 10.3. The van der Waals surface area contributed by atoms with Gasteiger partial charge in [0.15, 0.2) is 0 Å². The first-order valence-electron chi connectivity index (χ1n) is 7.84. The summed E-state index contributed by atoms with van der Waals surface area (Å²) in [7, 11) is 0. The van der Waals surface area contributed by atoms with Gasteiger partial charge >= 0.3 is 0 Å². The van der Waals surface area contributed by atoms with Crippen molar-refractivity contribution >= 4 is 15.9 Å². The van der Waals surface area contributed by atoms with E-state index in [1.165, 1.54) is 36.8 Å². The molecule has 21 heavy (non-hydrogen) atoms. The van der Waals surface area contributed by atoms with Crippen LogP contribution in [0.3, 0.4) is 0 Å². The molecule has 0 atom stereocenters. The maximum absolute atomic E-state index is 3.72. The van der Waals surface area contributed by atoms with Gasteiger partial charge < -0.3 is 5.32 Å². The molecule has 0 amide bonds. The van der Waals surface area contributed by atoms with Gasteiger partial charge in [0.05, 0.1) is 0 Å². The van der Waals surface area contributed by atoms with Gasteiger partial charge in [-0.15, -0.1) is 0 Å². The molecule has 1 fully saturated rings. The van der Waals surface area contributed by atoms with Crippen molar-refractivity contribution in [1.82, 2.24) is 5.32 Å². The molecule has 0 spiro atoms. The van der Waals surface area contributed by atoms with Gasteiger partial charge in [-0.3, -0.25) is 0 Å². The summed E-state index contributed by atoms with van der Waals surface area (Å²) in [5.41, 5.74) is 2.87. The molecule has 1 N–H and O–H groups in total. The zero-order valence-corrected chi connectivity index (χ0v) is 13.9. The van der Waals surface area contributed by atoms with Gasteiger partial charge in [-0.1, -0.05) is 58.4 Å². The molecule has 0 aromatic heterocycles. The van der Waals surface area contributed by atoms with Crippen LogP contribution in [-0.2, 0) is 6.54 Å². The van der Waals surface area contributed by atoms with Gasteiger partial charge in [0.2, 0.25) is 0 Å². The Morgan fingerprint density at radius 1 is 0.905 bits per heavy atom. The molecule has 0 heterocycles. The lowest BCUT2D eigenvalue weighted by Gasteiger charge is -2.29. The number of nitrogens with one attached hydrogen (secondary N) is 1. The van der Waals surface area contributed by atoms with Crippen molar-refractivity contribution in [3.63, 3.8) is 0 Å². The van der Waals surface area contributed by atoms with Gasteiger partial charge in [0.1, 0.15) is 0 Å². The summed E-state index contributed by atoms with van der Waals surface area (Å²) in [6.07, 6.45) is 5.18. The molecule has 1 nitrogen and oxygen atoms in total. The summed E-state index contributed by atoms with van der Waals surface area (Å²) >= 11 is 3.53. The second-order valence-corrected chi connectivity index (χ2v) is 6.89. The summed E-state index contributed by atoms with van der Waals surface area (Å²) in [6, 6.07) is 20.2. The Labute approximate surface area is 135 Å².